The summed E-state index contributed by atoms with van der Waals surface area (Å²) in [7, 11) is 0. The van der Waals surface area contributed by atoms with Gasteiger partial charge in [-0.05, 0) is 51.4 Å². The zero-order chi connectivity index (χ0) is 16.7. The second kappa shape index (κ2) is 8.89. The van der Waals surface area contributed by atoms with E-state index in [-0.39, 0.29) is 0 Å². The van der Waals surface area contributed by atoms with E-state index < -0.39 is 0 Å². The molecule has 1 aromatic heterocycles. The summed E-state index contributed by atoms with van der Waals surface area (Å²) >= 11 is 0. The number of hydrogen-bond acceptors (Lipinski definition) is 3. The van der Waals surface area contributed by atoms with Gasteiger partial charge in [0.15, 0.2) is 11.8 Å². The van der Waals surface area contributed by atoms with Crippen molar-refractivity contribution in [3.8, 4) is 0 Å². The molecule has 1 heterocycles. The second-order valence-corrected chi connectivity index (χ2v) is 6.73. The fourth-order valence-corrected chi connectivity index (χ4v) is 3.26. The highest BCUT2D eigenvalue weighted by molar-refractivity contribution is 5.80. The molecule has 1 fully saturated rings. The number of aliphatic imine (C=N–C) groups is 1. The van der Waals surface area contributed by atoms with Gasteiger partial charge in [-0.2, -0.15) is 0 Å². The second-order valence-electron chi connectivity index (χ2n) is 6.73. The number of aryl methyl sites for hydroxylation is 1. The van der Waals surface area contributed by atoms with Crippen LogP contribution in [0, 0.1) is 11.8 Å². The van der Waals surface area contributed by atoms with Crippen molar-refractivity contribution in [2.24, 2.45) is 16.8 Å². The number of nitrogens with one attached hydrogen (secondary N) is 2. The van der Waals surface area contributed by atoms with Gasteiger partial charge in [-0.15, -0.1) is 10.2 Å². The van der Waals surface area contributed by atoms with Crippen molar-refractivity contribution in [3.05, 3.63) is 12.2 Å². The number of guanidine groups is 1. The highest BCUT2D eigenvalue weighted by atomic mass is 15.3. The van der Waals surface area contributed by atoms with Crippen LogP contribution in [0.5, 0.6) is 0 Å². The summed E-state index contributed by atoms with van der Waals surface area (Å²) in [6.07, 6.45) is 6.87. The van der Waals surface area contributed by atoms with Crippen LogP contribution in [0.2, 0.25) is 0 Å². The third-order valence-electron chi connectivity index (χ3n) is 4.81. The first kappa shape index (κ1) is 17.8. The molecule has 0 atom stereocenters. The number of nitrogens with zero attached hydrogens (tertiary/aromatic N) is 4. The molecule has 1 aromatic rings. The van der Waals surface area contributed by atoms with Crippen molar-refractivity contribution in [2.75, 3.05) is 6.54 Å². The van der Waals surface area contributed by atoms with Crippen LogP contribution < -0.4 is 10.6 Å². The van der Waals surface area contributed by atoms with Gasteiger partial charge >= 0.3 is 0 Å². The Morgan fingerprint density at radius 1 is 1.30 bits per heavy atom. The zero-order valence-corrected chi connectivity index (χ0v) is 15.0. The van der Waals surface area contributed by atoms with Crippen LogP contribution in [0.15, 0.2) is 11.3 Å². The Morgan fingerprint density at radius 3 is 2.65 bits per heavy atom. The predicted molar refractivity (Wildman–Crippen MR) is 94.2 cm³/mol. The van der Waals surface area contributed by atoms with E-state index in [4.69, 9.17) is 0 Å². The normalized spacial score (nSPS) is 22.4. The summed E-state index contributed by atoms with van der Waals surface area (Å²) in [6.45, 7) is 11.2. The number of rotatable bonds is 6. The molecular weight excluding hydrogens is 288 g/mol. The Morgan fingerprint density at radius 2 is 2.04 bits per heavy atom. The van der Waals surface area contributed by atoms with Gasteiger partial charge in [-0.3, -0.25) is 0 Å². The van der Waals surface area contributed by atoms with Gasteiger partial charge in [0, 0.05) is 19.1 Å². The van der Waals surface area contributed by atoms with Crippen molar-refractivity contribution in [2.45, 2.75) is 72.5 Å². The minimum absolute atomic E-state index is 0.534. The minimum atomic E-state index is 0.534. The Bertz CT molecular complexity index is 485. The van der Waals surface area contributed by atoms with Gasteiger partial charge in [0.05, 0.1) is 0 Å². The van der Waals surface area contributed by atoms with E-state index >= 15 is 0 Å². The first-order chi connectivity index (χ1) is 11.1. The standard InChI is InChI=1S/C17H32N6/c1-5-18-17(19-11-16-22-20-12-23(16)6-2)21-15-9-7-14(8-10-15)13(3)4/h12-15H,5-11H2,1-4H3,(H2,18,19,21). The maximum absolute atomic E-state index is 4.68. The fourth-order valence-electron chi connectivity index (χ4n) is 3.26. The summed E-state index contributed by atoms with van der Waals surface area (Å²) < 4.78 is 2.03. The quantitative estimate of drug-likeness (QED) is 0.624. The molecule has 0 radical (unpaired) electrons. The molecule has 0 saturated heterocycles. The molecule has 6 heteroatoms. The van der Waals surface area contributed by atoms with Crippen LogP contribution in [0.25, 0.3) is 0 Å². The van der Waals surface area contributed by atoms with Crippen LogP contribution in [0.1, 0.15) is 59.2 Å². The van der Waals surface area contributed by atoms with Crippen LogP contribution >= 0.6 is 0 Å². The summed E-state index contributed by atoms with van der Waals surface area (Å²) in [5.74, 6) is 3.49. The number of aromatic nitrogens is 3. The molecule has 130 valence electrons. The van der Waals surface area contributed by atoms with Gasteiger partial charge in [0.1, 0.15) is 12.9 Å². The molecule has 6 nitrogen and oxygen atoms in total. The summed E-state index contributed by atoms with van der Waals surface area (Å²) in [5.41, 5.74) is 0. The minimum Gasteiger partial charge on any atom is -0.357 e. The van der Waals surface area contributed by atoms with Crippen molar-refractivity contribution in [1.29, 1.82) is 0 Å². The van der Waals surface area contributed by atoms with E-state index in [2.05, 4.69) is 53.5 Å². The Kier molecular flexibility index (Phi) is 6.86. The summed E-state index contributed by atoms with van der Waals surface area (Å²) in [4.78, 5) is 4.68. The molecule has 0 amide bonds. The lowest BCUT2D eigenvalue weighted by Gasteiger charge is -2.32. The Hall–Kier alpha value is -1.59. The average molecular weight is 320 g/mol. The van der Waals surface area contributed by atoms with E-state index in [9.17, 15) is 0 Å². The van der Waals surface area contributed by atoms with E-state index in [1.165, 1.54) is 25.7 Å². The molecule has 0 bridgehead atoms. The van der Waals surface area contributed by atoms with Crippen molar-refractivity contribution >= 4 is 5.96 Å². The average Bonchev–Trinajstić information content (AvgIpc) is 3.01. The first-order valence-corrected chi connectivity index (χ1v) is 9.05. The maximum Gasteiger partial charge on any atom is 0.191 e. The highest BCUT2D eigenvalue weighted by Gasteiger charge is 2.23. The predicted octanol–water partition coefficient (Wildman–Crippen LogP) is 2.57. The molecule has 1 aliphatic carbocycles. The molecule has 23 heavy (non-hydrogen) atoms. The topological polar surface area (TPSA) is 67.1 Å². The molecule has 1 saturated carbocycles. The summed E-state index contributed by atoms with van der Waals surface area (Å²) in [6, 6.07) is 0.534. The van der Waals surface area contributed by atoms with Gasteiger partial charge in [-0.25, -0.2) is 4.99 Å². The smallest absolute Gasteiger partial charge is 0.191 e. The highest BCUT2D eigenvalue weighted by Crippen LogP contribution is 2.29. The van der Waals surface area contributed by atoms with E-state index in [0.717, 1.165) is 36.7 Å². The fraction of sp³-hybridized carbons (Fsp3) is 0.824. The van der Waals surface area contributed by atoms with E-state index in [1.807, 2.05) is 4.57 Å². The Balaban J connectivity index is 1.90. The lowest BCUT2D eigenvalue weighted by Crippen LogP contribution is -2.45. The van der Waals surface area contributed by atoms with Crippen LogP contribution in [0.3, 0.4) is 0 Å². The first-order valence-electron chi connectivity index (χ1n) is 9.05. The van der Waals surface area contributed by atoms with Crippen molar-refractivity contribution in [3.63, 3.8) is 0 Å². The number of hydrogen-bond donors (Lipinski definition) is 2. The third kappa shape index (κ3) is 5.22. The molecule has 2 rings (SSSR count). The van der Waals surface area contributed by atoms with Gasteiger partial charge < -0.3 is 15.2 Å². The lowest BCUT2D eigenvalue weighted by molar-refractivity contribution is 0.250. The van der Waals surface area contributed by atoms with Gasteiger partial charge in [-0.1, -0.05) is 13.8 Å². The molecule has 2 N–H and O–H groups in total. The zero-order valence-electron chi connectivity index (χ0n) is 15.0. The SMILES string of the molecule is CCNC(=NCc1nncn1CC)NC1CCC(C(C)C)CC1. The molecular formula is C17H32N6. The van der Waals surface area contributed by atoms with Crippen LogP contribution in [-0.2, 0) is 13.1 Å². The maximum atomic E-state index is 4.68. The lowest BCUT2D eigenvalue weighted by atomic mass is 9.80. The van der Waals surface area contributed by atoms with Crippen LogP contribution in [-0.4, -0.2) is 33.3 Å². The molecule has 1 aliphatic rings. The van der Waals surface area contributed by atoms with Crippen molar-refractivity contribution in [1.82, 2.24) is 25.4 Å². The van der Waals surface area contributed by atoms with Crippen LogP contribution in [0.4, 0.5) is 0 Å². The summed E-state index contributed by atoms with van der Waals surface area (Å²) in [5, 5.41) is 15.0. The molecule has 0 spiro atoms. The Labute approximate surface area is 140 Å². The van der Waals surface area contributed by atoms with E-state index in [0.29, 0.717) is 12.6 Å². The van der Waals surface area contributed by atoms with E-state index in [1.54, 1.807) is 6.33 Å². The van der Waals surface area contributed by atoms with Gasteiger partial charge in [0.2, 0.25) is 0 Å². The molecule has 0 aromatic carbocycles. The third-order valence-corrected chi connectivity index (χ3v) is 4.81. The largest absolute Gasteiger partial charge is 0.357 e. The monoisotopic (exact) mass is 320 g/mol. The van der Waals surface area contributed by atoms with Gasteiger partial charge in [0.25, 0.3) is 0 Å². The van der Waals surface area contributed by atoms with Crippen molar-refractivity contribution < 1.29 is 0 Å². The molecule has 0 unspecified atom stereocenters. The molecule has 0 aliphatic heterocycles.